The second-order valence-electron chi connectivity index (χ2n) is 3.81. The monoisotopic (exact) mass is 186 g/mol. The van der Waals surface area contributed by atoms with Crippen LogP contribution in [-0.2, 0) is 0 Å². The minimum absolute atomic E-state index is 0.266. The van der Waals surface area contributed by atoms with Crippen LogP contribution in [0.1, 0.15) is 13.8 Å². The summed E-state index contributed by atoms with van der Waals surface area (Å²) in [6.07, 6.45) is 0. The van der Waals surface area contributed by atoms with Crippen molar-refractivity contribution in [3.8, 4) is 0 Å². The number of aliphatic imine (C=N–C) groups is 1. The number of nitrogens with two attached hydrogens (primary N) is 1. The molecular formula is C9H22N4. The molecule has 0 aromatic carbocycles. The van der Waals surface area contributed by atoms with E-state index in [9.17, 15) is 0 Å². The normalized spacial score (nSPS) is 12.7. The highest BCUT2D eigenvalue weighted by Crippen LogP contribution is 1.89. The van der Waals surface area contributed by atoms with Gasteiger partial charge in [0.15, 0.2) is 5.96 Å². The molecule has 0 unspecified atom stereocenters. The summed E-state index contributed by atoms with van der Waals surface area (Å²) in [6.45, 7) is 5.94. The highest BCUT2D eigenvalue weighted by molar-refractivity contribution is 5.77. The van der Waals surface area contributed by atoms with Crippen LogP contribution in [0.15, 0.2) is 4.99 Å². The number of hydrogen-bond acceptors (Lipinski definition) is 2. The fourth-order valence-corrected chi connectivity index (χ4v) is 0.828. The SMILES string of the molecule is CC(C)N=C(N)N(C)CCN(C)C. The first kappa shape index (κ1) is 12.2. The van der Waals surface area contributed by atoms with Crippen molar-refractivity contribution in [1.82, 2.24) is 9.80 Å². The van der Waals surface area contributed by atoms with Gasteiger partial charge in [0.2, 0.25) is 0 Å². The smallest absolute Gasteiger partial charge is 0.191 e. The lowest BCUT2D eigenvalue weighted by atomic mass is 10.4. The summed E-state index contributed by atoms with van der Waals surface area (Å²) in [5.41, 5.74) is 5.76. The Hall–Kier alpha value is -0.770. The molecule has 78 valence electrons. The topological polar surface area (TPSA) is 44.9 Å². The van der Waals surface area contributed by atoms with Gasteiger partial charge in [-0.1, -0.05) is 0 Å². The molecule has 0 radical (unpaired) electrons. The van der Waals surface area contributed by atoms with Gasteiger partial charge in [-0.25, -0.2) is 0 Å². The molecule has 0 aromatic heterocycles. The Morgan fingerprint density at radius 3 is 2.15 bits per heavy atom. The van der Waals surface area contributed by atoms with E-state index in [0.717, 1.165) is 13.1 Å². The van der Waals surface area contributed by atoms with Crippen LogP contribution in [0.2, 0.25) is 0 Å². The molecule has 0 atom stereocenters. The van der Waals surface area contributed by atoms with Crippen LogP contribution in [0.3, 0.4) is 0 Å². The Kier molecular flexibility index (Phi) is 5.46. The van der Waals surface area contributed by atoms with Gasteiger partial charge in [-0.05, 0) is 27.9 Å². The first-order chi connectivity index (χ1) is 5.93. The number of hydrogen-bond donors (Lipinski definition) is 1. The van der Waals surface area contributed by atoms with Crippen LogP contribution in [0.4, 0.5) is 0 Å². The van der Waals surface area contributed by atoms with Crippen molar-refractivity contribution in [2.24, 2.45) is 10.7 Å². The minimum Gasteiger partial charge on any atom is -0.370 e. The van der Waals surface area contributed by atoms with Gasteiger partial charge in [-0.15, -0.1) is 0 Å². The molecule has 0 fully saturated rings. The summed E-state index contributed by atoms with van der Waals surface area (Å²) < 4.78 is 0. The Labute approximate surface area is 81.4 Å². The van der Waals surface area contributed by atoms with Gasteiger partial charge in [0, 0.05) is 26.2 Å². The average molecular weight is 186 g/mol. The van der Waals surface area contributed by atoms with Crippen LogP contribution in [0.25, 0.3) is 0 Å². The number of guanidine groups is 1. The molecule has 13 heavy (non-hydrogen) atoms. The summed E-state index contributed by atoms with van der Waals surface area (Å²) in [7, 11) is 6.05. The summed E-state index contributed by atoms with van der Waals surface area (Å²) in [5.74, 6) is 0.622. The highest BCUT2D eigenvalue weighted by Gasteiger charge is 2.02. The summed E-state index contributed by atoms with van der Waals surface area (Å²) >= 11 is 0. The molecule has 0 bridgehead atoms. The summed E-state index contributed by atoms with van der Waals surface area (Å²) in [5, 5.41) is 0. The standard InChI is InChI=1S/C9H22N4/c1-8(2)11-9(10)13(5)7-6-12(3)4/h8H,6-7H2,1-5H3,(H2,10,11). The van der Waals surface area contributed by atoms with Crippen molar-refractivity contribution in [2.45, 2.75) is 19.9 Å². The van der Waals surface area contributed by atoms with E-state index in [1.165, 1.54) is 0 Å². The molecule has 0 amide bonds. The lowest BCUT2D eigenvalue weighted by Crippen LogP contribution is -2.38. The molecule has 2 N–H and O–H groups in total. The maximum atomic E-state index is 5.76. The van der Waals surface area contributed by atoms with Crippen molar-refractivity contribution in [1.29, 1.82) is 0 Å². The third kappa shape index (κ3) is 6.40. The Balaban J connectivity index is 3.89. The van der Waals surface area contributed by atoms with Gasteiger partial charge in [0.05, 0.1) is 0 Å². The van der Waals surface area contributed by atoms with Gasteiger partial charge in [0.25, 0.3) is 0 Å². The molecular weight excluding hydrogens is 164 g/mol. The fraction of sp³-hybridized carbons (Fsp3) is 0.889. The quantitative estimate of drug-likeness (QED) is 0.504. The minimum atomic E-state index is 0.266. The van der Waals surface area contributed by atoms with Crippen LogP contribution in [0, 0.1) is 0 Å². The van der Waals surface area contributed by atoms with E-state index in [1.807, 2.05) is 39.9 Å². The van der Waals surface area contributed by atoms with E-state index < -0.39 is 0 Å². The average Bonchev–Trinajstić information content (AvgIpc) is 1.98. The zero-order valence-corrected chi connectivity index (χ0v) is 9.41. The van der Waals surface area contributed by atoms with E-state index >= 15 is 0 Å². The second kappa shape index (κ2) is 5.80. The van der Waals surface area contributed by atoms with Crippen LogP contribution in [0.5, 0.6) is 0 Å². The van der Waals surface area contributed by atoms with Crippen molar-refractivity contribution in [2.75, 3.05) is 34.2 Å². The largest absolute Gasteiger partial charge is 0.370 e. The van der Waals surface area contributed by atoms with Gasteiger partial charge in [0.1, 0.15) is 0 Å². The summed E-state index contributed by atoms with van der Waals surface area (Å²) in [4.78, 5) is 8.35. The molecule has 4 heteroatoms. The lowest BCUT2D eigenvalue weighted by molar-refractivity contribution is 0.354. The number of likely N-dealkylation sites (N-methyl/N-ethyl adjacent to an activating group) is 2. The Bertz CT molecular complexity index is 163. The first-order valence-corrected chi connectivity index (χ1v) is 4.62. The zero-order valence-electron chi connectivity index (χ0n) is 9.41. The van der Waals surface area contributed by atoms with Crippen LogP contribution < -0.4 is 5.73 Å². The Morgan fingerprint density at radius 2 is 1.77 bits per heavy atom. The van der Waals surface area contributed by atoms with Gasteiger partial charge in [-0.3, -0.25) is 4.99 Å². The summed E-state index contributed by atoms with van der Waals surface area (Å²) in [6, 6.07) is 0.266. The van der Waals surface area contributed by atoms with Crippen molar-refractivity contribution in [3.05, 3.63) is 0 Å². The van der Waals surface area contributed by atoms with Crippen LogP contribution >= 0.6 is 0 Å². The fourth-order valence-electron chi connectivity index (χ4n) is 0.828. The van der Waals surface area contributed by atoms with E-state index in [1.54, 1.807) is 0 Å². The predicted octanol–water partition coefficient (Wildman–Crippen LogP) is 0.203. The number of nitrogens with zero attached hydrogens (tertiary/aromatic N) is 3. The third-order valence-corrected chi connectivity index (χ3v) is 1.66. The molecule has 0 heterocycles. The Morgan fingerprint density at radius 1 is 1.23 bits per heavy atom. The van der Waals surface area contributed by atoms with Crippen molar-refractivity contribution in [3.63, 3.8) is 0 Å². The third-order valence-electron chi connectivity index (χ3n) is 1.66. The van der Waals surface area contributed by atoms with E-state index in [2.05, 4.69) is 9.89 Å². The maximum absolute atomic E-state index is 5.76. The second-order valence-corrected chi connectivity index (χ2v) is 3.81. The molecule has 0 aliphatic carbocycles. The number of rotatable bonds is 4. The van der Waals surface area contributed by atoms with E-state index in [0.29, 0.717) is 5.96 Å². The van der Waals surface area contributed by atoms with Crippen molar-refractivity contribution >= 4 is 5.96 Å². The van der Waals surface area contributed by atoms with Gasteiger partial charge < -0.3 is 15.5 Å². The molecule has 0 aliphatic heterocycles. The van der Waals surface area contributed by atoms with Crippen molar-refractivity contribution < 1.29 is 0 Å². The molecule has 0 saturated carbocycles. The molecule has 0 spiro atoms. The molecule has 4 nitrogen and oxygen atoms in total. The maximum Gasteiger partial charge on any atom is 0.191 e. The predicted molar refractivity (Wildman–Crippen MR) is 57.9 cm³/mol. The van der Waals surface area contributed by atoms with E-state index in [4.69, 9.17) is 5.73 Å². The van der Waals surface area contributed by atoms with Gasteiger partial charge in [-0.2, -0.15) is 0 Å². The molecule has 0 rings (SSSR count). The van der Waals surface area contributed by atoms with Gasteiger partial charge >= 0.3 is 0 Å². The first-order valence-electron chi connectivity index (χ1n) is 4.62. The zero-order chi connectivity index (χ0) is 10.4. The lowest BCUT2D eigenvalue weighted by Gasteiger charge is -2.20. The molecule has 0 saturated heterocycles. The van der Waals surface area contributed by atoms with Crippen LogP contribution in [-0.4, -0.2) is 56.0 Å². The molecule has 0 aliphatic rings. The van der Waals surface area contributed by atoms with E-state index in [-0.39, 0.29) is 6.04 Å². The molecule has 0 aromatic rings. The highest BCUT2D eigenvalue weighted by atomic mass is 15.2.